The second kappa shape index (κ2) is 5.70. The maximum atomic E-state index is 11.7. The molecule has 100 valence electrons. The van der Waals surface area contributed by atoms with Gasteiger partial charge >= 0.3 is 5.97 Å². The van der Waals surface area contributed by atoms with Crippen molar-refractivity contribution in [3.05, 3.63) is 23.8 Å². The van der Waals surface area contributed by atoms with Gasteiger partial charge in [0.1, 0.15) is 11.3 Å². The molecule has 0 amide bonds. The number of hydrogen-bond donors (Lipinski definition) is 0. The van der Waals surface area contributed by atoms with Gasteiger partial charge in [0.15, 0.2) is 0 Å². The Morgan fingerprint density at radius 1 is 1.37 bits per heavy atom. The van der Waals surface area contributed by atoms with Crippen molar-refractivity contribution >= 4 is 17.7 Å². The molecule has 1 aromatic carbocycles. The molecule has 0 radical (unpaired) electrons. The lowest BCUT2D eigenvalue weighted by Crippen LogP contribution is -2.07. The van der Waals surface area contributed by atoms with Crippen molar-refractivity contribution in [1.82, 2.24) is 20.2 Å². The second-order valence-corrected chi connectivity index (χ2v) is 4.23. The van der Waals surface area contributed by atoms with Crippen LogP contribution in [-0.2, 0) is 4.74 Å². The van der Waals surface area contributed by atoms with Gasteiger partial charge in [-0.25, -0.2) is 4.79 Å². The van der Waals surface area contributed by atoms with Crippen molar-refractivity contribution in [2.75, 3.05) is 20.5 Å². The first-order chi connectivity index (χ1) is 9.21. The number of methoxy groups -OCH3 is 2. The fourth-order valence-corrected chi connectivity index (χ4v) is 2.00. The highest BCUT2D eigenvalue weighted by Crippen LogP contribution is 2.24. The van der Waals surface area contributed by atoms with Crippen molar-refractivity contribution in [1.29, 1.82) is 0 Å². The molecular formula is C11H12N4O3S. The third-order valence-electron chi connectivity index (χ3n) is 2.46. The standard InChI is InChI=1S/C11H12N4O3S/c1-17-9-5-4-7(6-8(9)10(16)18-2)15-11(19-3)12-13-14-15/h4-6H,1-3H3. The molecule has 0 atom stereocenters. The van der Waals surface area contributed by atoms with Crippen molar-refractivity contribution in [2.24, 2.45) is 0 Å². The summed E-state index contributed by atoms with van der Waals surface area (Å²) in [6.07, 6.45) is 1.87. The van der Waals surface area contributed by atoms with E-state index in [1.165, 1.54) is 30.7 Å². The van der Waals surface area contributed by atoms with E-state index in [0.29, 0.717) is 22.2 Å². The molecule has 0 saturated carbocycles. The number of aromatic nitrogens is 4. The van der Waals surface area contributed by atoms with Crippen LogP contribution in [0.15, 0.2) is 23.4 Å². The van der Waals surface area contributed by atoms with E-state index in [0.717, 1.165) is 0 Å². The Morgan fingerprint density at radius 2 is 2.16 bits per heavy atom. The number of esters is 1. The van der Waals surface area contributed by atoms with Gasteiger partial charge in [-0.2, -0.15) is 4.68 Å². The van der Waals surface area contributed by atoms with Crippen LogP contribution in [0.2, 0.25) is 0 Å². The number of tetrazole rings is 1. The maximum absolute atomic E-state index is 11.7. The Morgan fingerprint density at radius 3 is 2.79 bits per heavy atom. The number of hydrogen-bond acceptors (Lipinski definition) is 7. The highest BCUT2D eigenvalue weighted by atomic mass is 32.2. The summed E-state index contributed by atoms with van der Waals surface area (Å²) < 4.78 is 11.4. The van der Waals surface area contributed by atoms with Crippen molar-refractivity contribution in [3.8, 4) is 11.4 Å². The van der Waals surface area contributed by atoms with Crippen LogP contribution >= 0.6 is 11.8 Å². The van der Waals surface area contributed by atoms with E-state index in [2.05, 4.69) is 15.5 Å². The summed E-state index contributed by atoms with van der Waals surface area (Å²) in [5.41, 5.74) is 0.987. The van der Waals surface area contributed by atoms with E-state index in [9.17, 15) is 4.79 Å². The lowest BCUT2D eigenvalue weighted by atomic mass is 10.2. The summed E-state index contributed by atoms with van der Waals surface area (Å²) in [5.74, 6) is -0.0353. The van der Waals surface area contributed by atoms with Crippen LogP contribution < -0.4 is 4.74 Å². The predicted octanol–water partition coefficient (Wildman–Crippen LogP) is 1.18. The molecular weight excluding hydrogens is 268 g/mol. The van der Waals surface area contributed by atoms with Gasteiger partial charge in [0.25, 0.3) is 0 Å². The molecule has 0 saturated heterocycles. The Hall–Kier alpha value is -2.09. The van der Waals surface area contributed by atoms with Gasteiger partial charge in [-0.05, 0) is 34.9 Å². The van der Waals surface area contributed by atoms with E-state index in [-0.39, 0.29) is 0 Å². The molecule has 8 heteroatoms. The Bertz CT molecular complexity index is 599. The zero-order valence-electron chi connectivity index (χ0n) is 10.7. The molecule has 19 heavy (non-hydrogen) atoms. The number of nitrogens with zero attached hydrogens (tertiary/aromatic N) is 4. The van der Waals surface area contributed by atoms with Crippen molar-refractivity contribution in [3.63, 3.8) is 0 Å². The first-order valence-electron chi connectivity index (χ1n) is 5.30. The highest BCUT2D eigenvalue weighted by molar-refractivity contribution is 7.98. The Labute approximate surface area is 113 Å². The first kappa shape index (κ1) is 13.3. The van der Waals surface area contributed by atoms with E-state index in [1.807, 2.05) is 6.26 Å². The SMILES string of the molecule is COC(=O)c1cc(-n2nnnc2SC)ccc1OC. The zero-order chi connectivity index (χ0) is 13.8. The highest BCUT2D eigenvalue weighted by Gasteiger charge is 2.16. The zero-order valence-corrected chi connectivity index (χ0v) is 11.5. The molecule has 0 bridgehead atoms. The molecule has 0 N–H and O–H groups in total. The fourth-order valence-electron chi connectivity index (χ4n) is 1.57. The van der Waals surface area contributed by atoms with Crippen molar-refractivity contribution in [2.45, 2.75) is 5.16 Å². The van der Waals surface area contributed by atoms with Gasteiger partial charge in [0.05, 0.1) is 19.9 Å². The molecule has 0 aliphatic carbocycles. The number of ether oxygens (including phenoxy) is 2. The van der Waals surface area contributed by atoms with E-state index in [1.54, 1.807) is 18.2 Å². The summed E-state index contributed by atoms with van der Waals surface area (Å²) in [7, 11) is 2.81. The number of carbonyl (C=O) groups is 1. The molecule has 1 aromatic heterocycles. The summed E-state index contributed by atoms with van der Waals surface area (Å²) >= 11 is 1.41. The maximum Gasteiger partial charge on any atom is 0.341 e. The average molecular weight is 280 g/mol. The Kier molecular flexibility index (Phi) is 4.00. The predicted molar refractivity (Wildman–Crippen MR) is 68.8 cm³/mol. The largest absolute Gasteiger partial charge is 0.496 e. The van der Waals surface area contributed by atoms with Crippen LogP contribution in [0.25, 0.3) is 5.69 Å². The van der Waals surface area contributed by atoms with E-state index >= 15 is 0 Å². The molecule has 1 heterocycles. The number of thioether (sulfide) groups is 1. The molecule has 0 spiro atoms. The van der Waals surface area contributed by atoms with Gasteiger partial charge in [0, 0.05) is 0 Å². The summed E-state index contributed by atoms with van der Waals surface area (Å²) in [5, 5.41) is 12.0. The smallest absolute Gasteiger partial charge is 0.341 e. The monoisotopic (exact) mass is 280 g/mol. The number of carbonyl (C=O) groups excluding carboxylic acids is 1. The van der Waals surface area contributed by atoms with E-state index in [4.69, 9.17) is 9.47 Å². The van der Waals surface area contributed by atoms with Gasteiger partial charge in [-0.1, -0.05) is 11.8 Å². The van der Waals surface area contributed by atoms with Gasteiger partial charge in [-0.3, -0.25) is 0 Å². The average Bonchev–Trinajstić information content (AvgIpc) is 2.94. The summed E-state index contributed by atoms with van der Waals surface area (Å²) in [4.78, 5) is 11.7. The molecule has 0 aliphatic rings. The van der Waals surface area contributed by atoms with Crippen LogP contribution in [0.4, 0.5) is 0 Å². The van der Waals surface area contributed by atoms with Crippen LogP contribution in [-0.4, -0.2) is 46.7 Å². The quantitative estimate of drug-likeness (QED) is 0.614. The fraction of sp³-hybridized carbons (Fsp3) is 0.273. The van der Waals surface area contributed by atoms with Gasteiger partial charge in [-0.15, -0.1) is 5.10 Å². The topological polar surface area (TPSA) is 79.1 Å². The minimum Gasteiger partial charge on any atom is -0.496 e. The Balaban J connectivity index is 2.52. The third-order valence-corrected chi connectivity index (χ3v) is 3.08. The van der Waals surface area contributed by atoms with E-state index < -0.39 is 5.97 Å². The molecule has 2 rings (SSSR count). The van der Waals surface area contributed by atoms with Crippen molar-refractivity contribution < 1.29 is 14.3 Å². The molecule has 2 aromatic rings. The number of rotatable bonds is 4. The third kappa shape index (κ3) is 2.53. The summed E-state index contributed by atoms with van der Waals surface area (Å²) in [6.45, 7) is 0. The van der Waals surface area contributed by atoms with Gasteiger partial charge < -0.3 is 9.47 Å². The minimum atomic E-state index is -0.475. The molecule has 0 fully saturated rings. The van der Waals surface area contributed by atoms with Crippen LogP contribution in [0.5, 0.6) is 5.75 Å². The molecule has 0 unspecified atom stereocenters. The van der Waals surface area contributed by atoms with Gasteiger partial charge in [0.2, 0.25) is 5.16 Å². The summed E-state index contributed by atoms with van der Waals surface area (Å²) in [6, 6.07) is 5.06. The molecule has 7 nitrogen and oxygen atoms in total. The van der Waals surface area contributed by atoms with Crippen LogP contribution in [0.3, 0.4) is 0 Å². The second-order valence-electron chi connectivity index (χ2n) is 3.45. The normalized spacial score (nSPS) is 10.3. The number of benzene rings is 1. The first-order valence-corrected chi connectivity index (χ1v) is 6.52. The van der Waals surface area contributed by atoms with Crippen LogP contribution in [0.1, 0.15) is 10.4 Å². The lowest BCUT2D eigenvalue weighted by Gasteiger charge is -2.09. The lowest BCUT2D eigenvalue weighted by molar-refractivity contribution is 0.0597. The van der Waals surface area contributed by atoms with Crippen LogP contribution in [0, 0.1) is 0 Å². The minimum absolute atomic E-state index is 0.324. The molecule has 0 aliphatic heterocycles.